The number of aryl methyl sites for hydroxylation is 2. The molecule has 0 bridgehead atoms. The maximum atomic E-state index is 6.15. The Bertz CT molecular complexity index is 523. The van der Waals surface area contributed by atoms with Crippen LogP contribution in [0.5, 0.6) is 5.75 Å². The lowest BCUT2D eigenvalue weighted by Crippen LogP contribution is -1.92. The highest BCUT2D eigenvalue weighted by Gasteiger charge is 2.09. The standard InChI is InChI=1S/C12H12ClNO/c1-7-6-8(2)14-12-10(15-3)5-4-9(13)11(7)12/h4-6H,1-3H3. The van der Waals surface area contributed by atoms with Crippen molar-refractivity contribution in [2.75, 3.05) is 7.11 Å². The summed E-state index contributed by atoms with van der Waals surface area (Å²) in [5.74, 6) is 0.765. The van der Waals surface area contributed by atoms with Crippen molar-refractivity contribution in [3.63, 3.8) is 0 Å². The molecular weight excluding hydrogens is 210 g/mol. The first-order chi connectivity index (χ1) is 7.13. The average molecular weight is 222 g/mol. The number of hydrogen-bond acceptors (Lipinski definition) is 2. The van der Waals surface area contributed by atoms with E-state index >= 15 is 0 Å². The molecule has 78 valence electrons. The molecule has 2 rings (SSSR count). The van der Waals surface area contributed by atoms with Crippen molar-refractivity contribution in [3.05, 3.63) is 34.5 Å². The number of rotatable bonds is 1. The Balaban J connectivity index is 2.93. The number of fused-ring (bicyclic) bond motifs is 1. The first-order valence-corrected chi connectivity index (χ1v) is 5.11. The molecule has 0 atom stereocenters. The number of methoxy groups -OCH3 is 1. The lowest BCUT2D eigenvalue weighted by molar-refractivity contribution is 0.419. The minimum absolute atomic E-state index is 0.718. The predicted molar refractivity (Wildman–Crippen MR) is 62.8 cm³/mol. The summed E-state index contributed by atoms with van der Waals surface area (Å²) >= 11 is 6.15. The number of benzene rings is 1. The molecule has 1 aromatic heterocycles. The SMILES string of the molecule is COc1ccc(Cl)c2c(C)cc(C)nc12. The second kappa shape index (κ2) is 3.70. The summed E-state index contributed by atoms with van der Waals surface area (Å²) in [7, 11) is 1.64. The third kappa shape index (κ3) is 1.65. The van der Waals surface area contributed by atoms with E-state index in [1.165, 1.54) is 0 Å². The van der Waals surface area contributed by atoms with E-state index in [-0.39, 0.29) is 0 Å². The lowest BCUT2D eigenvalue weighted by Gasteiger charge is -2.09. The number of aromatic nitrogens is 1. The molecule has 0 aliphatic heterocycles. The normalized spacial score (nSPS) is 10.7. The zero-order valence-corrected chi connectivity index (χ0v) is 9.72. The fourth-order valence-electron chi connectivity index (χ4n) is 1.79. The highest BCUT2D eigenvalue weighted by Crippen LogP contribution is 2.32. The molecule has 1 aromatic carbocycles. The van der Waals surface area contributed by atoms with Crippen molar-refractivity contribution < 1.29 is 4.74 Å². The Morgan fingerprint density at radius 2 is 2.00 bits per heavy atom. The van der Waals surface area contributed by atoms with Crippen LogP contribution in [0.2, 0.25) is 5.02 Å². The van der Waals surface area contributed by atoms with Gasteiger partial charge in [-0.3, -0.25) is 0 Å². The lowest BCUT2D eigenvalue weighted by atomic mass is 10.1. The number of ether oxygens (including phenoxy) is 1. The number of halogens is 1. The Hall–Kier alpha value is -1.28. The molecule has 1 heterocycles. The van der Waals surface area contributed by atoms with Crippen LogP contribution in [-0.2, 0) is 0 Å². The number of pyridine rings is 1. The van der Waals surface area contributed by atoms with Crippen LogP contribution in [0, 0.1) is 13.8 Å². The van der Waals surface area contributed by atoms with Crippen LogP contribution >= 0.6 is 11.6 Å². The van der Waals surface area contributed by atoms with E-state index in [0.717, 1.165) is 32.9 Å². The van der Waals surface area contributed by atoms with Crippen molar-refractivity contribution in [3.8, 4) is 5.75 Å². The van der Waals surface area contributed by atoms with E-state index < -0.39 is 0 Å². The molecule has 0 spiro atoms. The largest absolute Gasteiger partial charge is 0.494 e. The molecule has 0 saturated carbocycles. The summed E-state index contributed by atoms with van der Waals surface area (Å²) in [5.41, 5.74) is 2.93. The van der Waals surface area contributed by atoms with Crippen molar-refractivity contribution >= 4 is 22.5 Å². The van der Waals surface area contributed by atoms with E-state index in [1.807, 2.05) is 32.0 Å². The predicted octanol–water partition coefficient (Wildman–Crippen LogP) is 3.51. The van der Waals surface area contributed by atoms with Crippen LogP contribution in [0.4, 0.5) is 0 Å². The van der Waals surface area contributed by atoms with Gasteiger partial charge in [-0.15, -0.1) is 0 Å². The van der Waals surface area contributed by atoms with Crippen LogP contribution in [0.15, 0.2) is 18.2 Å². The van der Waals surface area contributed by atoms with Crippen molar-refractivity contribution in [1.82, 2.24) is 4.98 Å². The van der Waals surface area contributed by atoms with Gasteiger partial charge in [-0.05, 0) is 37.6 Å². The van der Waals surface area contributed by atoms with Gasteiger partial charge in [-0.2, -0.15) is 0 Å². The van der Waals surface area contributed by atoms with Crippen LogP contribution in [0.3, 0.4) is 0 Å². The molecule has 0 fully saturated rings. The zero-order valence-electron chi connectivity index (χ0n) is 8.97. The van der Waals surface area contributed by atoms with Gasteiger partial charge in [0.2, 0.25) is 0 Å². The minimum atomic E-state index is 0.718. The van der Waals surface area contributed by atoms with Crippen molar-refractivity contribution in [1.29, 1.82) is 0 Å². The fraction of sp³-hybridized carbons (Fsp3) is 0.250. The van der Waals surface area contributed by atoms with Crippen LogP contribution < -0.4 is 4.74 Å². The van der Waals surface area contributed by atoms with E-state index in [0.29, 0.717) is 0 Å². The van der Waals surface area contributed by atoms with Crippen LogP contribution in [-0.4, -0.2) is 12.1 Å². The van der Waals surface area contributed by atoms with Gasteiger partial charge in [-0.25, -0.2) is 4.98 Å². The Kier molecular flexibility index (Phi) is 2.53. The third-order valence-corrected chi connectivity index (χ3v) is 2.73. The smallest absolute Gasteiger partial charge is 0.145 e. The molecule has 0 aliphatic rings. The number of nitrogens with zero attached hydrogens (tertiary/aromatic N) is 1. The van der Waals surface area contributed by atoms with E-state index in [4.69, 9.17) is 16.3 Å². The molecule has 0 radical (unpaired) electrons. The maximum Gasteiger partial charge on any atom is 0.145 e. The van der Waals surface area contributed by atoms with E-state index in [9.17, 15) is 0 Å². The van der Waals surface area contributed by atoms with Crippen LogP contribution in [0.1, 0.15) is 11.3 Å². The first kappa shape index (κ1) is 10.2. The topological polar surface area (TPSA) is 22.1 Å². The summed E-state index contributed by atoms with van der Waals surface area (Å²) in [4.78, 5) is 4.46. The summed E-state index contributed by atoms with van der Waals surface area (Å²) in [6.45, 7) is 4.00. The average Bonchev–Trinajstić information content (AvgIpc) is 2.17. The molecule has 2 nitrogen and oxygen atoms in total. The molecule has 0 amide bonds. The second-order valence-corrected chi connectivity index (χ2v) is 3.96. The fourth-order valence-corrected chi connectivity index (χ4v) is 2.09. The molecule has 0 unspecified atom stereocenters. The van der Waals surface area contributed by atoms with Gasteiger partial charge in [0, 0.05) is 11.1 Å². The second-order valence-electron chi connectivity index (χ2n) is 3.55. The third-order valence-electron chi connectivity index (χ3n) is 2.42. The van der Waals surface area contributed by atoms with E-state index in [2.05, 4.69) is 4.98 Å². The molecule has 0 saturated heterocycles. The first-order valence-electron chi connectivity index (χ1n) is 4.74. The number of hydrogen-bond donors (Lipinski definition) is 0. The quantitative estimate of drug-likeness (QED) is 0.735. The molecule has 0 aliphatic carbocycles. The molecule has 0 N–H and O–H groups in total. The summed E-state index contributed by atoms with van der Waals surface area (Å²) in [6.07, 6.45) is 0. The van der Waals surface area contributed by atoms with Gasteiger partial charge in [0.25, 0.3) is 0 Å². The highest BCUT2D eigenvalue weighted by atomic mass is 35.5. The molecular formula is C12H12ClNO. The maximum absolute atomic E-state index is 6.15. The minimum Gasteiger partial charge on any atom is -0.494 e. The Morgan fingerprint density at radius 1 is 1.27 bits per heavy atom. The van der Waals surface area contributed by atoms with Gasteiger partial charge in [0.15, 0.2) is 0 Å². The van der Waals surface area contributed by atoms with E-state index in [1.54, 1.807) is 7.11 Å². The van der Waals surface area contributed by atoms with Crippen molar-refractivity contribution in [2.24, 2.45) is 0 Å². The highest BCUT2D eigenvalue weighted by molar-refractivity contribution is 6.35. The molecule has 15 heavy (non-hydrogen) atoms. The van der Waals surface area contributed by atoms with Gasteiger partial charge >= 0.3 is 0 Å². The zero-order chi connectivity index (χ0) is 11.0. The monoisotopic (exact) mass is 221 g/mol. The summed E-state index contributed by atoms with van der Waals surface area (Å²) in [6, 6.07) is 5.71. The van der Waals surface area contributed by atoms with Gasteiger partial charge in [0.05, 0.1) is 12.1 Å². The molecule has 2 aromatic rings. The van der Waals surface area contributed by atoms with Gasteiger partial charge in [0.1, 0.15) is 11.3 Å². The Morgan fingerprint density at radius 3 is 2.67 bits per heavy atom. The van der Waals surface area contributed by atoms with Crippen LogP contribution in [0.25, 0.3) is 10.9 Å². The summed E-state index contributed by atoms with van der Waals surface area (Å²) in [5, 5.41) is 1.69. The molecule has 3 heteroatoms. The van der Waals surface area contributed by atoms with Gasteiger partial charge in [-0.1, -0.05) is 11.6 Å². The Labute approximate surface area is 93.8 Å². The van der Waals surface area contributed by atoms with Gasteiger partial charge < -0.3 is 4.74 Å². The van der Waals surface area contributed by atoms with Crippen molar-refractivity contribution in [2.45, 2.75) is 13.8 Å². The summed E-state index contributed by atoms with van der Waals surface area (Å²) < 4.78 is 5.27.